The van der Waals surface area contributed by atoms with Crippen molar-refractivity contribution in [3.05, 3.63) is 58.4 Å². The molecule has 1 aliphatic heterocycles. The Labute approximate surface area is 145 Å². The molecule has 1 aromatic heterocycles. The molecule has 0 spiro atoms. The number of aromatic nitrogens is 1. The minimum absolute atomic E-state index is 0.108. The van der Waals surface area contributed by atoms with Gasteiger partial charge in [-0.3, -0.25) is 9.78 Å². The summed E-state index contributed by atoms with van der Waals surface area (Å²) in [6.45, 7) is 0.657. The molecule has 1 aliphatic rings. The quantitative estimate of drug-likeness (QED) is 0.898. The summed E-state index contributed by atoms with van der Waals surface area (Å²) in [5.74, 6) is -0.108. The van der Waals surface area contributed by atoms with Crippen LogP contribution in [0.3, 0.4) is 0 Å². The second-order valence-corrected chi connectivity index (χ2v) is 7.92. The first-order valence-electron chi connectivity index (χ1n) is 7.32. The molecule has 1 aromatic carbocycles. The van der Waals surface area contributed by atoms with Crippen molar-refractivity contribution in [1.82, 2.24) is 9.71 Å². The second-order valence-electron chi connectivity index (χ2n) is 5.65. The zero-order chi connectivity index (χ0) is 17.3. The van der Waals surface area contributed by atoms with Gasteiger partial charge in [-0.05, 0) is 41.8 Å². The van der Waals surface area contributed by atoms with Crippen LogP contribution < -0.4 is 9.62 Å². The van der Waals surface area contributed by atoms with Crippen molar-refractivity contribution >= 4 is 33.2 Å². The highest BCUT2D eigenvalue weighted by atomic mass is 35.5. The number of amides is 1. The zero-order valence-electron chi connectivity index (χ0n) is 13.0. The van der Waals surface area contributed by atoms with E-state index in [1.165, 1.54) is 0 Å². The number of hydrogen-bond donors (Lipinski definition) is 1. The van der Waals surface area contributed by atoms with Gasteiger partial charge < -0.3 is 4.90 Å². The third kappa shape index (κ3) is 3.75. The van der Waals surface area contributed by atoms with Gasteiger partial charge in [0, 0.05) is 29.9 Å². The lowest BCUT2D eigenvalue weighted by atomic mass is 9.98. The summed E-state index contributed by atoms with van der Waals surface area (Å²) >= 11 is 5.98. The molecule has 126 valence electrons. The largest absolute Gasteiger partial charge is 0.306 e. The Balaban J connectivity index is 1.85. The van der Waals surface area contributed by atoms with Crippen LogP contribution in [0.4, 0.5) is 5.69 Å². The molecule has 2 heterocycles. The van der Waals surface area contributed by atoms with Gasteiger partial charge in [0.15, 0.2) is 0 Å². The number of carbonyl (C=O) groups is 1. The van der Waals surface area contributed by atoms with E-state index in [1.54, 1.807) is 35.5 Å². The monoisotopic (exact) mass is 365 g/mol. The van der Waals surface area contributed by atoms with Crippen LogP contribution in [-0.2, 0) is 23.0 Å². The van der Waals surface area contributed by atoms with Crippen LogP contribution in [0.1, 0.15) is 21.5 Å². The molecule has 0 aliphatic carbocycles. The third-order valence-electron chi connectivity index (χ3n) is 3.78. The van der Waals surface area contributed by atoms with Gasteiger partial charge in [0.05, 0.1) is 18.1 Å². The molecule has 0 fully saturated rings. The minimum Gasteiger partial charge on any atom is -0.306 e. The summed E-state index contributed by atoms with van der Waals surface area (Å²) in [4.78, 5) is 18.5. The van der Waals surface area contributed by atoms with Crippen molar-refractivity contribution in [3.63, 3.8) is 0 Å². The molecule has 8 heteroatoms. The summed E-state index contributed by atoms with van der Waals surface area (Å²) < 4.78 is 24.8. The van der Waals surface area contributed by atoms with E-state index in [9.17, 15) is 13.2 Å². The van der Waals surface area contributed by atoms with Gasteiger partial charge in [0.25, 0.3) is 5.91 Å². The Bertz CT molecular complexity index is 899. The molecule has 1 amide bonds. The van der Waals surface area contributed by atoms with Gasteiger partial charge in [-0.2, -0.15) is 0 Å². The number of hydrogen-bond acceptors (Lipinski definition) is 4. The Morgan fingerprint density at radius 3 is 2.83 bits per heavy atom. The van der Waals surface area contributed by atoms with Crippen LogP contribution >= 0.6 is 11.6 Å². The van der Waals surface area contributed by atoms with Gasteiger partial charge in [0.2, 0.25) is 10.0 Å². The molecule has 0 saturated carbocycles. The molecule has 0 radical (unpaired) electrons. The van der Waals surface area contributed by atoms with Crippen LogP contribution in [0.25, 0.3) is 0 Å². The average molecular weight is 366 g/mol. The average Bonchev–Trinajstić information content (AvgIpc) is 2.53. The number of nitrogens with zero attached hydrogens (tertiary/aromatic N) is 2. The topological polar surface area (TPSA) is 79.4 Å². The number of anilines is 1. The van der Waals surface area contributed by atoms with E-state index >= 15 is 0 Å². The number of fused-ring (bicyclic) bond motifs is 1. The maximum absolute atomic E-state index is 12.7. The van der Waals surface area contributed by atoms with Crippen LogP contribution in [0.2, 0.25) is 5.02 Å². The highest BCUT2D eigenvalue weighted by molar-refractivity contribution is 7.88. The van der Waals surface area contributed by atoms with Crippen molar-refractivity contribution in [2.45, 2.75) is 13.0 Å². The molecule has 3 rings (SSSR count). The SMILES string of the molecule is CS(=O)(=O)NCc1cncc(N2CCc3cc(Cl)ccc3C2=O)c1. The number of halogens is 1. The van der Waals surface area contributed by atoms with Crippen LogP contribution in [0.15, 0.2) is 36.7 Å². The van der Waals surface area contributed by atoms with Crippen molar-refractivity contribution in [1.29, 1.82) is 0 Å². The van der Waals surface area contributed by atoms with Gasteiger partial charge in [-0.1, -0.05) is 11.6 Å². The highest BCUT2D eigenvalue weighted by Gasteiger charge is 2.25. The lowest BCUT2D eigenvalue weighted by Gasteiger charge is -2.28. The molecule has 0 atom stereocenters. The normalized spacial score (nSPS) is 14.6. The van der Waals surface area contributed by atoms with E-state index in [-0.39, 0.29) is 12.5 Å². The van der Waals surface area contributed by atoms with E-state index in [0.717, 1.165) is 11.8 Å². The maximum Gasteiger partial charge on any atom is 0.258 e. The molecule has 24 heavy (non-hydrogen) atoms. The van der Waals surface area contributed by atoms with Gasteiger partial charge in [0.1, 0.15) is 0 Å². The van der Waals surface area contributed by atoms with E-state index in [1.807, 2.05) is 6.07 Å². The van der Waals surface area contributed by atoms with Crippen LogP contribution in [0.5, 0.6) is 0 Å². The molecular weight excluding hydrogens is 350 g/mol. The summed E-state index contributed by atoms with van der Waals surface area (Å²) in [7, 11) is -3.29. The van der Waals surface area contributed by atoms with Gasteiger partial charge in [-0.25, -0.2) is 13.1 Å². The van der Waals surface area contributed by atoms with Crippen molar-refractivity contribution in [2.75, 3.05) is 17.7 Å². The standard InChI is InChI=1S/C16H16ClN3O3S/c1-24(22,23)19-9-11-6-14(10-18-8-11)20-5-4-12-7-13(17)2-3-15(12)16(20)21/h2-3,6-8,10,19H,4-5,9H2,1H3. The van der Waals surface area contributed by atoms with Crippen LogP contribution in [-0.4, -0.2) is 32.1 Å². The predicted octanol–water partition coefficient (Wildman–Crippen LogP) is 1.99. The maximum atomic E-state index is 12.7. The van der Waals surface area contributed by atoms with Crippen molar-refractivity contribution in [2.24, 2.45) is 0 Å². The summed E-state index contributed by atoms with van der Waals surface area (Å²) in [5, 5.41) is 0.616. The van der Waals surface area contributed by atoms with E-state index < -0.39 is 10.0 Å². The van der Waals surface area contributed by atoms with E-state index in [4.69, 9.17) is 11.6 Å². The number of benzene rings is 1. The lowest BCUT2D eigenvalue weighted by molar-refractivity contribution is 0.0980. The van der Waals surface area contributed by atoms with E-state index in [2.05, 4.69) is 9.71 Å². The first-order chi connectivity index (χ1) is 11.3. The molecule has 1 N–H and O–H groups in total. The second kappa shape index (κ2) is 6.51. The summed E-state index contributed by atoms with van der Waals surface area (Å²) in [6, 6.07) is 7.02. The first-order valence-corrected chi connectivity index (χ1v) is 9.59. The van der Waals surface area contributed by atoms with Gasteiger partial charge in [-0.15, -0.1) is 0 Å². The smallest absolute Gasteiger partial charge is 0.258 e. The molecular formula is C16H16ClN3O3S. The number of sulfonamides is 1. The Morgan fingerprint density at radius 1 is 1.29 bits per heavy atom. The summed E-state index contributed by atoms with van der Waals surface area (Å²) in [5.41, 5.74) is 2.90. The number of pyridine rings is 1. The van der Waals surface area contributed by atoms with Crippen LogP contribution in [0, 0.1) is 0 Å². The molecule has 2 aromatic rings. The van der Waals surface area contributed by atoms with Crippen molar-refractivity contribution < 1.29 is 13.2 Å². The minimum atomic E-state index is -3.29. The number of nitrogens with one attached hydrogen (secondary N) is 1. The van der Waals surface area contributed by atoms with E-state index in [0.29, 0.717) is 34.8 Å². The highest BCUT2D eigenvalue weighted by Crippen LogP contribution is 2.26. The molecule has 6 nitrogen and oxygen atoms in total. The molecule has 0 unspecified atom stereocenters. The fourth-order valence-corrected chi connectivity index (χ4v) is 3.26. The molecule has 0 bridgehead atoms. The van der Waals surface area contributed by atoms with Crippen molar-refractivity contribution in [3.8, 4) is 0 Å². The Hall–Kier alpha value is -1.96. The summed E-state index contributed by atoms with van der Waals surface area (Å²) in [6.07, 6.45) is 4.97. The fraction of sp³-hybridized carbons (Fsp3) is 0.250. The predicted molar refractivity (Wildman–Crippen MR) is 92.8 cm³/mol. The molecule has 0 saturated heterocycles. The van der Waals surface area contributed by atoms with Gasteiger partial charge >= 0.3 is 0 Å². The Kier molecular flexibility index (Phi) is 4.58. The zero-order valence-corrected chi connectivity index (χ0v) is 14.6. The number of rotatable bonds is 4. The fourth-order valence-electron chi connectivity index (χ4n) is 2.64. The first kappa shape index (κ1) is 16.9. The number of carbonyl (C=O) groups excluding carboxylic acids is 1. The third-order valence-corrected chi connectivity index (χ3v) is 4.68. The lowest BCUT2D eigenvalue weighted by Crippen LogP contribution is -2.37. The Morgan fingerprint density at radius 2 is 2.08 bits per heavy atom.